The van der Waals surface area contributed by atoms with Gasteiger partial charge in [0.15, 0.2) is 0 Å². The molecule has 0 atom stereocenters. The van der Waals surface area contributed by atoms with E-state index >= 15 is 0 Å². The zero-order valence-corrected chi connectivity index (χ0v) is 13.7. The Kier molecular flexibility index (Phi) is 5.62. The van der Waals surface area contributed by atoms with E-state index in [0.29, 0.717) is 6.54 Å². The highest BCUT2D eigenvalue weighted by atomic mass is 16.2. The average molecular weight is 295 g/mol. The predicted molar refractivity (Wildman–Crippen MR) is 82.8 cm³/mol. The number of nitrogens with zero attached hydrogens (tertiary/aromatic N) is 3. The van der Waals surface area contributed by atoms with E-state index in [-0.39, 0.29) is 17.7 Å². The molecule has 2 aliphatic heterocycles. The molecule has 0 aromatic heterocycles. The number of hydrogen-bond acceptors (Lipinski definition) is 3. The lowest BCUT2D eigenvalue weighted by Crippen LogP contribution is -2.47. The maximum atomic E-state index is 12.3. The normalized spacial score (nSPS) is 22.3. The molecule has 2 aliphatic rings. The van der Waals surface area contributed by atoms with Gasteiger partial charge < -0.3 is 9.80 Å². The third-order valence-corrected chi connectivity index (χ3v) is 4.87. The van der Waals surface area contributed by atoms with Crippen LogP contribution in [0.3, 0.4) is 0 Å². The summed E-state index contributed by atoms with van der Waals surface area (Å²) >= 11 is 0. The molecule has 0 radical (unpaired) electrons. The standard InChI is InChI=1S/C16H29N3O2/c1-13-4-10-19(11-5-13)15(20)12-18-8-6-14(7-9-18)16(21)17(2)3/h13-14H,4-12H2,1-3H3. The van der Waals surface area contributed by atoms with Gasteiger partial charge in [-0.3, -0.25) is 14.5 Å². The van der Waals surface area contributed by atoms with Crippen LogP contribution in [0.4, 0.5) is 0 Å². The minimum Gasteiger partial charge on any atom is -0.349 e. The van der Waals surface area contributed by atoms with Gasteiger partial charge >= 0.3 is 0 Å². The fraction of sp³-hybridized carbons (Fsp3) is 0.875. The molecule has 2 amide bonds. The fourth-order valence-corrected chi connectivity index (χ4v) is 3.25. The quantitative estimate of drug-likeness (QED) is 0.781. The highest BCUT2D eigenvalue weighted by Crippen LogP contribution is 2.20. The second kappa shape index (κ2) is 7.25. The first kappa shape index (κ1) is 16.3. The van der Waals surface area contributed by atoms with Crippen LogP contribution in [0.2, 0.25) is 0 Å². The molecular formula is C16H29N3O2. The first-order valence-corrected chi connectivity index (χ1v) is 8.18. The first-order valence-electron chi connectivity index (χ1n) is 8.18. The minimum absolute atomic E-state index is 0.141. The molecule has 0 spiro atoms. The van der Waals surface area contributed by atoms with Crippen LogP contribution in [0.1, 0.15) is 32.6 Å². The Morgan fingerprint density at radius 3 is 2.10 bits per heavy atom. The number of hydrogen-bond donors (Lipinski definition) is 0. The monoisotopic (exact) mass is 295 g/mol. The van der Waals surface area contributed by atoms with Crippen molar-refractivity contribution in [1.29, 1.82) is 0 Å². The summed E-state index contributed by atoms with van der Waals surface area (Å²) in [6, 6.07) is 0. The van der Waals surface area contributed by atoms with E-state index in [4.69, 9.17) is 0 Å². The highest BCUT2D eigenvalue weighted by Gasteiger charge is 2.28. The summed E-state index contributed by atoms with van der Waals surface area (Å²) < 4.78 is 0. The number of amides is 2. The minimum atomic E-state index is 0.141. The molecule has 2 fully saturated rings. The Balaban J connectivity index is 1.73. The summed E-state index contributed by atoms with van der Waals surface area (Å²) in [5.74, 6) is 1.38. The van der Waals surface area contributed by atoms with Gasteiger partial charge in [0, 0.05) is 33.1 Å². The average Bonchev–Trinajstić information content (AvgIpc) is 2.47. The molecule has 120 valence electrons. The highest BCUT2D eigenvalue weighted by molar-refractivity contribution is 5.79. The van der Waals surface area contributed by atoms with E-state index in [1.54, 1.807) is 4.90 Å². The second-order valence-corrected chi connectivity index (χ2v) is 6.85. The molecule has 0 aromatic rings. The van der Waals surface area contributed by atoms with Crippen molar-refractivity contribution in [3.8, 4) is 0 Å². The smallest absolute Gasteiger partial charge is 0.236 e. The lowest BCUT2D eigenvalue weighted by Gasteiger charge is -2.35. The van der Waals surface area contributed by atoms with E-state index in [0.717, 1.165) is 57.8 Å². The van der Waals surface area contributed by atoms with Crippen LogP contribution in [-0.2, 0) is 9.59 Å². The van der Waals surface area contributed by atoms with Gasteiger partial charge in [-0.1, -0.05) is 6.92 Å². The number of carbonyl (C=O) groups is 2. The van der Waals surface area contributed by atoms with Crippen molar-refractivity contribution in [3.05, 3.63) is 0 Å². The lowest BCUT2D eigenvalue weighted by molar-refractivity contribution is -0.136. The Morgan fingerprint density at radius 2 is 1.57 bits per heavy atom. The Hall–Kier alpha value is -1.10. The van der Waals surface area contributed by atoms with E-state index in [1.165, 1.54) is 0 Å². The Morgan fingerprint density at radius 1 is 1.00 bits per heavy atom. The zero-order chi connectivity index (χ0) is 15.4. The van der Waals surface area contributed by atoms with E-state index in [2.05, 4.69) is 11.8 Å². The summed E-state index contributed by atoms with van der Waals surface area (Å²) in [7, 11) is 3.63. The lowest BCUT2D eigenvalue weighted by atomic mass is 9.95. The van der Waals surface area contributed by atoms with Crippen molar-refractivity contribution in [2.24, 2.45) is 11.8 Å². The van der Waals surface area contributed by atoms with Crippen LogP contribution in [0.5, 0.6) is 0 Å². The molecule has 0 aromatic carbocycles. The number of carbonyl (C=O) groups excluding carboxylic acids is 2. The van der Waals surface area contributed by atoms with E-state index < -0.39 is 0 Å². The fourth-order valence-electron chi connectivity index (χ4n) is 3.25. The molecule has 2 saturated heterocycles. The van der Waals surface area contributed by atoms with Crippen molar-refractivity contribution in [3.63, 3.8) is 0 Å². The van der Waals surface area contributed by atoms with Crippen LogP contribution < -0.4 is 0 Å². The van der Waals surface area contributed by atoms with Gasteiger partial charge in [0.2, 0.25) is 11.8 Å². The van der Waals surface area contributed by atoms with Crippen molar-refractivity contribution in [1.82, 2.24) is 14.7 Å². The van der Waals surface area contributed by atoms with Gasteiger partial charge in [-0.15, -0.1) is 0 Å². The molecule has 2 heterocycles. The molecule has 0 saturated carbocycles. The van der Waals surface area contributed by atoms with Crippen LogP contribution in [-0.4, -0.2) is 73.3 Å². The summed E-state index contributed by atoms with van der Waals surface area (Å²) in [4.78, 5) is 30.1. The Labute approximate surface area is 128 Å². The van der Waals surface area contributed by atoms with E-state index in [1.807, 2.05) is 19.0 Å². The molecule has 0 aliphatic carbocycles. The van der Waals surface area contributed by atoms with Crippen molar-refractivity contribution < 1.29 is 9.59 Å². The van der Waals surface area contributed by atoms with Crippen molar-refractivity contribution >= 4 is 11.8 Å². The van der Waals surface area contributed by atoms with Crippen LogP contribution >= 0.6 is 0 Å². The number of piperidine rings is 2. The molecular weight excluding hydrogens is 266 g/mol. The predicted octanol–water partition coefficient (Wildman–Crippen LogP) is 1.05. The number of likely N-dealkylation sites (tertiary alicyclic amines) is 2. The third-order valence-electron chi connectivity index (χ3n) is 4.87. The maximum absolute atomic E-state index is 12.3. The zero-order valence-electron chi connectivity index (χ0n) is 13.7. The van der Waals surface area contributed by atoms with Crippen molar-refractivity contribution in [2.45, 2.75) is 32.6 Å². The Bertz CT molecular complexity index is 368. The second-order valence-electron chi connectivity index (χ2n) is 6.85. The molecule has 0 unspecified atom stereocenters. The van der Waals surface area contributed by atoms with E-state index in [9.17, 15) is 9.59 Å². The SMILES string of the molecule is CC1CCN(C(=O)CN2CCC(C(=O)N(C)C)CC2)CC1. The van der Waals surface area contributed by atoms with Crippen LogP contribution in [0, 0.1) is 11.8 Å². The van der Waals surface area contributed by atoms with Gasteiger partial charge in [-0.05, 0) is 44.7 Å². The molecule has 2 rings (SSSR count). The van der Waals surface area contributed by atoms with Gasteiger partial charge in [-0.2, -0.15) is 0 Å². The summed E-state index contributed by atoms with van der Waals surface area (Å²) in [6.45, 7) is 6.33. The topological polar surface area (TPSA) is 43.9 Å². The third kappa shape index (κ3) is 4.43. The molecule has 0 bridgehead atoms. The van der Waals surface area contributed by atoms with Gasteiger partial charge in [0.25, 0.3) is 0 Å². The van der Waals surface area contributed by atoms with Crippen LogP contribution in [0.15, 0.2) is 0 Å². The molecule has 5 nitrogen and oxygen atoms in total. The summed E-state index contributed by atoms with van der Waals surface area (Å²) in [5, 5.41) is 0. The molecule has 5 heteroatoms. The summed E-state index contributed by atoms with van der Waals surface area (Å²) in [5.41, 5.74) is 0. The maximum Gasteiger partial charge on any atom is 0.236 e. The van der Waals surface area contributed by atoms with Gasteiger partial charge in [0.1, 0.15) is 0 Å². The first-order chi connectivity index (χ1) is 9.97. The van der Waals surface area contributed by atoms with Gasteiger partial charge in [0.05, 0.1) is 6.54 Å². The molecule has 0 N–H and O–H groups in total. The van der Waals surface area contributed by atoms with Gasteiger partial charge in [-0.25, -0.2) is 0 Å². The molecule has 21 heavy (non-hydrogen) atoms. The largest absolute Gasteiger partial charge is 0.349 e. The number of rotatable bonds is 3. The summed E-state index contributed by atoms with van der Waals surface area (Å²) in [6.07, 6.45) is 4.01. The van der Waals surface area contributed by atoms with Crippen LogP contribution in [0.25, 0.3) is 0 Å². The van der Waals surface area contributed by atoms with Crippen molar-refractivity contribution in [2.75, 3.05) is 46.8 Å².